The predicted octanol–water partition coefficient (Wildman–Crippen LogP) is 2.98. The van der Waals surface area contributed by atoms with E-state index < -0.39 is 0 Å². The zero-order chi connectivity index (χ0) is 24.2. The molecule has 186 valence electrons. The Balaban J connectivity index is 1.05. The van der Waals surface area contributed by atoms with Crippen molar-refractivity contribution in [2.45, 2.75) is 50.5 Å². The Kier molecular flexibility index (Phi) is 7.18. The van der Waals surface area contributed by atoms with Crippen LogP contribution < -0.4 is 21.3 Å². The van der Waals surface area contributed by atoms with Crippen LogP contribution in [0.2, 0.25) is 0 Å². The predicted molar refractivity (Wildman–Crippen MR) is 138 cm³/mol. The number of carbonyl (C=O) groups excluding carboxylic acids is 2. The number of nitrogens with zero attached hydrogens (tertiary/aromatic N) is 3. The molecule has 2 amide bonds. The number of aromatic nitrogens is 1. The first-order valence-corrected chi connectivity index (χ1v) is 12.9. The summed E-state index contributed by atoms with van der Waals surface area (Å²) in [6, 6.07) is 12.1. The van der Waals surface area contributed by atoms with Gasteiger partial charge in [0.2, 0.25) is 11.8 Å². The van der Waals surface area contributed by atoms with Crippen LogP contribution in [0, 0.1) is 5.92 Å². The molecule has 0 spiro atoms. The smallest absolute Gasteiger partial charge is 0.249 e. The Hall–Kier alpha value is -3.13. The summed E-state index contributed by atoms with van der Waals surface area (Å²) in [5.74, 6) is 1.97. The summed E-state index contributed by atoms with van der Waals surface area (Å²) in [4.78, 5) is 32.8. The number of hydrogen-bond donors (Lipinski definition) is 3. The second-order valence-corrected chi connectivity index (χ2v) is 10.2. The Morgan fingerprint density at radius 1 is 0.943 bits per heavy atom. The van der Waals surface area contributed by atoms with Gasteiger partial charge in [0.05, 0.1) is 11.9 Å². The van der Waals surface area contributed by atoms with E-state index in [-0.39, 0.29) is 17.9 Å². The topological polar surface area (TPSA) is 104 Å². The lowest BCUT2D eigenvalue weighted by Gasteiger charge is -2.38. The van der Waals surface area contributed by atoms with Crippen molar-refractivity contribution in [2.24, 2.45) is 5.92 Å². The van der Waals surface area contributed by atoms with Crippen molar-refractivity contribution in [1.82, 2.24) is 15.2 Å². The molecule has 0 bridgehead atoms. The number of nitrogens with two attached hydrogens (primary N) is 1. The van der Waals surface area contributed by atoms with Crippen molar-refractivity contribution in [1.29, 1.82) is 0 Å². The highest BCUT2D eigenvalue weighted by Crippen LogP contribution is 2.31. The minimum absolute atomic E-state index is 0.185. The average Bonchev–Trinajstić information content (AvgIpc) is 2.88. The van der Waals surface area contributed by atoms with Crippen LogP contribution in [0.15, 0.2) is 42.6 Å². The molecule has 1 atom stereocenters. The Bertz CT molecular complexity index is 1010. The molecule has 3 aliphatic heterocycles. The number of benzene rings is 1. The normalized spacial score (nSPS) is 22.7. The molecule has 4 N–H and O–H groups in total. The van der Waals surface area contributed by atoms with Gasteiger partial charge in [0.1, 0.15) is 11.9 Å². The third-order valence-electron chi connectivity index (χ3n) is 7.78. The highest BCUT2D eigenvalue weighted by atomic mass is 16.2. The SMILES string of the molecule is Nc1ccc(N2CCC(CN3CCC(c4ccc(NC5CCC(=O)NC5=O)cc4)CC3)CC2)nc1. The van der Waals surface area contributed by atoms with Gasteiger partial charge in [-0.05, 0) is 86.9 Å². The molecule has 1 aromatic heterocycles. The van der Waals surface area contributed by atoms with Gasteiger partial charge < -0.3 is 20.9 Å². The van der Waals surface area contributed by atoms with Crippen molar-refractivity contribution >= 4 is 29.0 Å². The minimum Gasteiger partial charge on any atom is -0.397 e. The number of piperidine rings is 3. The van der Waals surface area contributed by atoms with Gasteiger partial charge in [-0.15, -0.1) is 0 Å². The maximum absolute atomic E-state index is 12.0. The molecule has 3 saturated heterocycles. The number of hydrogen-bond acceptors (Lipinski definition) is 7. The fraction of sp³-hybridized carbons (Fsp3) is 0.519. The molecule has 3 aliphatic rings. The molecular formula is C27H36N6O2. The molecule has 4 heterocycles. The van der Waals surface area contributed by atoms with Crippen LogP contribution in [-0.4, -0.2) is 60.5 Å². The van der Waals surface area contributed by atoms with Crippen LogP contribution in [0.25, 0.3) is 0 Å². The van der Waals surface area contributed by atoms with E-state index in [2.05, 4.69) is 49.7 Å². The van der Waals surface area contributed by atoms with E-state index in [9.17, 15) is 9.59 Å². The molecule has 8 nitrogen and oxygen atoms in total. The fourth-order valence-electron chi connectivity index (χ4n) is 5.63. The van der Waals surface area contributed by atoms with Crippen LogP contribution >= 0.6 is 0 Å². The number of nitrogens with one attached hydrogen (secondary N) is 2. The number of amides is 2. The van der Waals surface area contributed by atoms with Crippen LogP contribution in [0.3, 0.4) is 0 Å². The molecule has 0 saturated carbocycles. The second kappa shape index (κ2) is 10.6. The maximum Gasteiger partial charge on any atom is 0.249 e. The number of anilines is 3. The summed E-state index contributed by atoms with van der Waals surface area (Å²) in [6.45, 7) is 5.64. The van der Waals surface area contributed by atoms with Crippen molar-refractivity contribution in [3.05, 3.63) is 48.2 Å². The van der Waals surface area contributed by atoms with Gasteiger partial charge in [0.15, 0.2) is 0 Å². The number of nitrogen functional groups attached to an aromatic ring is 1. The van der Waals surface area contributed by atoms with Gasteiger partial charge in [0.25, 0.3) is 0 Å². The van der Waals surface area contributed by atoms with Crippen molar-refractivity contribution in [3.63, 3.8) is 0 Å². The standard InChI is InChI=1S/C27H36N6O2/c28-22-3-7-25(29-17-22)33-15-9-19(10-16-33)18-32-13-11-21(12-14-32)20-1-4-23(5-2-20)30-24-6-8-26(34)31-27(24)35/h1-5,7,17,19,21,24,30H,6,8-16,18,28H2,(H,31,34,35). The molecule has 5 rings (SSSR count). The number of imide groups is 1. The van der Waals surface area contributed by atoms with E-state index in [4.69, 9.17) is 5.73 Å². The van der Waals surface area contributed by atoms with Crippen molar-refractivity contribution in [3.8, 4) is 0 Å². The summed E-state index contributed by atoms with van der Waals surface area (Å²) in [5, 5.41) is 5.67. The monoisotopic (exact) mass is 476 g/mol. The van der Waals surface area contributed by atoms with Gasteiger partial charge in [-0.25, -0.2) is 4.98 Å². The molecular weight excluding hydrogens is 440 g/mol. The van der Waals surface area contributed by atoms with Crippen LogP contribution in [0.4, 0.5) is 17.2 Å². The number of pyridine rings is 1. The number of rotatable bonds is 6. The number of likely N-dealkylation sites (tertiary alicyclic amines) is 1. The molecule has 8 heteroatoms. The zero-order valence-corrected chi connectivity index (χ0v) is 20.3. The quantitative estimate of drug-likeness (QED) is 0.551. The summed E-state index contributed by atoms with van der Waals surface area (Å²) < 4.78 is 0. The van der Waals surface area contributed by atoms with Crippen molar-refractivity contribution < 1.29 is 9.59 Å². The molecule has 3 fully saturated rings. The summed E-state index contributed by atoms with van der Waals surface area (Å²) in [6.07, 6.45) is 7.48. The molecule has 35 heavy (non-hydrogen) atoms. The van der Waals surface area contributed by atoms with Gasteiger partial charge in [-0.1, -0.05) is 12.1 Å². The first kappa shape index (κ1) is 23.6. The van der Waals surface area contributed by atoms with E-state index in [0.29, 0.717) is 24.4 Å². The van der Waals surface area contributed by atoms with E-state index >= 15 is 0 Å². The molecule has 0 aliphatic carbocycles. The van der Waals surface area contributed by atoms with Gasteiger partial charge in [-0.2, -0.15) is 0 Å². The van der Waals surface area contributed by atoms with Crippen molar-refractivity contribution in [2.75, 3.05) is 48.7 Å². The summed E-state index contributed by atoms with van der Waals surface area (Å²) in [5.41, 5.74) is 8.79. The summed E-state index contributed by atoms with van der Waals surface area (Å²) >= 11 is 0. The fourth-order valence-corrected chi connectivity index (χ4v) is 5.63. The van der Waals surface area contributed by atoms with Gasteiger partial charge >= 0.3 is 0 Å². The highest BCUT2D eigenvalue weighted by Gasteiger charge is 2.27. The highest BCUT2D eigenvalue weighted by molar-refractivity contribution is 6.01. The van der Waals surface area contributed by atoms with E-state index in [1.165, 1.54) is 37.8 Å². The first-order valence-electron chi connectivity index (χ1n) is 12.9. The summed E-state index contributed by atoms with van der Waals surface area (Å²) in [7, 11) is 0. The van der Waals surface area contributed by atoms with Crippen LogP contribution in [-0.2, 0) is 9.59 Å². The van der Waals surface area contributed by atoms with E-state index in [0.717, 1.165) is 43.6 Å². The molecule has 0 radical (unpaired) electrons. The Labute approximate surface area is 207 Å². The largest absolute Gasteiger partial charge is 0.397 e. The molecule has 1 unspecified atom stereocenters. The third kappa shape index (κ3) is 5.93. The number of carbonyl (C=O) groups is 2. The van der Waals surface area contributed by atoms with E-state index in [1.54, 1.807) is 6.20 Å². The zero-order valence-electron chi connectivity index (χ0n) is 20.3. The molecule has 2 aromatic rings. The third-order valence-corrected chi connectivity index (χ3v) is 7.78. The minimum atomic E-state index is -0.337. The van der Waals surface area contributed by atoms with Crippen LogP contribution in [0.1, 0.15) is 50.0 Å². The van der Waals surface area contributed by atoms with E-state index in [1.807, 2.05) is 12.1 Å². The van der Waals surface area contributed by atoms with Gasteiger partial charge in [0, 0.05) is 31.7 Å². The first-order chi connectivity index (χ1) is 17.0. The van der Waals surface area contributed by atoms with Gasteiger partial charge in [-0.3, -0.25) is 14.9 Å². The second-order valence-electron chi connectivity index (χ2n) is 10.2. The Morgan fingerprint density at radius 3 is 2.34 bits per heavy atom. The average molecular weight is 477 g/mol. The maximum atomic E-state index is 12.0. The lowest BCUT2D eigenvalue weighted by atomic mass is 9.88. The lowest BCUT2D eigenvalue weighted by molar-refractivity contribution is -0.133. The molecule has 1 aromatic carbocycles. The lowest BCUT2D eigenvalue weighted by Crippen LogP contribution is -2.47. The van der Waals surface area contributed by atoms with Crippen LogP contribution in [0.5, 0.6) is 0 Å². The Morgan fingerprint density at radius 2 is 1.69 bits per heavy atom.